The Morgan fingerprint density at radius 2 is 2.22 bits per heavy atom. The van der Waals surface area contributed by atoms with Crippen molar-refractivity contribution < 1.29 is 4.74 Å². The number of hydrogen-bond donors (Lipinski definition) is 2. The molecular formula is C17H20N4O2. The number of H-pyrrole nitrogens is 2. The minimum Gasteiger partial charge on any atom is -0.484 e. The van der Waals surface area contributed by atoms with Crippen molar-refractivity contribution in [3.8, 4) is 5.75 Å². The van der Waals surface area contributed by atoms with Crippen LogP contribution in [0.15, 0.2) is 29.3 Å². The smallest absolute Gasteiger partial charge is 0.291 e. The Hall–Kier alpha value is -2.34. The third-order valence-electron chi connectivity index (χ3n) is 4.65. The van der Waals surface area contributed by atoms with E-state index in [1.54, 1.807) is 12.4 Å². The van der Waals surface area contributed by atoms with Gasteiger partial charge in [-0.25, -0.2) is 4.98 Å². The molecule has 0 bridgehead atoms. The lowest BCUT2D eigenvalue weighted by molar-refractivity contribution is 0.104. The number of aromatic amines is 2. The SMILES string of the molecule is CCN1CCC(Oc2c(=O)[nH]cc3[nH]c4ncccc4c23)CC1. The number of piperidine rings is 1. The number of hydrogen-bond acceptors (Lipinski definition) is 4. The maximum Gasteiger partial charge on any atom is 0.291 e. The van der Waals surface area contributed by atoms with Crippen LogP contribution in [0.1, 0.15) is 19.8 Å². The van der Waals surface area contributed by atoms with Crippen LogP contribution < -0.4 is 10.3 Å². The molecule has 0 aliphatic carbocycles. The van der Waals surface area contributed by atoms with Gasteiger partial charge in [-0.15, -0.1) is 0 Å². The molecule has 1 aliphatic rings. The van der Waals surface area contributed by atoms with Gasteiger partial charge in [0, 0.05) is 30.9 Å². The fourth-order valence-electron chi connectivity index (χ4n) is 3.33. The summed E-state index contributed by atoms with van der Waals surface area (Å²) in [4.78, 5) is 25.1. The van der Waals surface area contributed by atoms with Gasteiger partial charge in [-0.3, -0.25) is 4.79 Å². The highest BCUT2D eigenvalue weighted by Crippen LogP contribution is 2.30. The van der Waals surface area contributed by atoms with Crippen molar-refractivity contribution in [2.24, 2.45) is 0 Å². The van der Waals surface area contributed by atoms with Gasteiger partial charge < -0.3 is 19.6 Å². The van der Waals surface area contributed by atoms with Crippen molar-refractivity contribution >= 4 is 21.9 Å². The van der Waals surface area contributed by atoms with E-state index in [0.29, 0.717) is 5.75 Å². The molecule has 3 aromatic rings. The Bertz CT molecular complexity index is 890. The van der Waals surface area contributed by atoms with Crippen LogP contribution in [0.3, 0.4) is 0 Å². The van der Waals surface area contributed by atoms with E-state index in [9.17, 15) is 4.79 Å². The molecular weight excluding hydrogens is 292 g/mol. The van der Waals surface area contributed by atoms with Crippen molar-refractivity contribution in [1.29, 1.82) is 0 Å². The fraction of sp³-hybridized carbons (Fsp3) is 0.412. The largest absolute Gasteiger partial charge is 0.484 e. The summed E-state index contributed by atoms with van der Waals surface area (Å²) in [6.45, 7) is 5.28. The molecule has 0 aromatic carbocycles. The zero-order valence-electron chi connectivity index (χ0n) is 13.1. The molecule has 4 rings (SSSR count). The predicted octanol–water partition coefficient (Wildman–Crippen LogP) is 2.27. The number of fused-ring (bicyclic) bond motifs is 3. The summed E-state index contributed by atoms with van der Waals surface area (Å²) < 4.78 is 6.14. The van der Waals surface area contributed by atoms with Gasteiger partial charge >= 0.3 is 0 Å². The molecule has 2 N–H and O–H groups in total. The van der Waals surface area contributed by atoms with Crippen LogP contribution in [0.25, 0.3) is 21.9 Å². The van der Waals surface area contributed by atoms with Crippen molar-refractivity contribution in [3.05, 3.63) is 34.9 Å². The van der Waals surface area contributed by atoms with Crippen LogP contribution in [0.2, 0.25) is 0 Å². The minimum absolute atomic E-state index is 0.0890. The average molecular weight is 312 g/mol. The zero-order chi connectivity index (χ0) is 15.8. The first-order chi connectivity index (χ1) is 11.3. The van der Waals surface area contributed by atoms with E-state index in [0.717, 1.165) is 54.4 Å². The normalized spacial score (nSPS) is 17.1. The number of pyridine rings is 2. The Kier molecular flexibility index (Phi) is 3.53. The number of aromatic nitrogens is 3. The monoisotopic (exact) mass is 312 g/mol. The van der Waals surface area contributed by atoms with Crippen molar-refractivity contribution in [2.45, 2.75) is 25.9 Å². The van der Waals surface area contributed by atoms with Gasteiger partial charge in [0.15, 0.2) is 5.75 Å². The molecule has 1 fully saturated rings. The van der Waals surface area contributed by atoms with E-state index >= 15 is 0 Å². The molecule has 1 aliphatic heterocycles. The topological polar surface area (TPSA) is 74.0 Å². The van der Waals surface area contributed by atoms with Crippen LogP contribution in [0.4, 0.5) is 0 Å². The summed E-state index contributed by atoms with van der Waals surface area (Å²) >= 11 is 0. The Morgan fingerprint density at radius 3 is 3.00 bits per heavy atom. The van der Waals surface area contributed by atoms with E-state index < -0.39 is 0 Å². The van der Waals surface area contributed by atoms with Crippen molar-refractivity contribution in [1.82, 2.24) is 19.9 Å². The molecule has 0 amide bonds. The van der Waals surface area contributed by atoms with Crippen LogP contribution >= 0.6 is 0 Å². The van der Waals surface area contributed by atoms with E-state index in [1.165, 1.54) is 0 Å². The second kappa shape index (κ2) is 5.70. The van der Waals surface area contributed by atoms with E-state index in [2.05, 4.69) is 26.8 Å². The van der Waals surface area contributed by atoms with Crippen molar-refractivity contribution in [3.63, 3.8) is 0 Å². The molecule has 1 saturated heterocycles. The van der Waals surface area contributed by atoms with Crippen LogP contribution in [-0.4, -0.2) is 45.6 Å². The van der Waals surface area contributed by atoms with Gasteiger partial charge in [0.2, 0.25) is 0 Å². The van der Waals surface area contributed by atoms with Gasteiger partial charge in [-0.05, 0) is 31.5 Å². The number of rotatable bonds is 3. The Morgan fingerprint density at radius 1 is 1.39 bits per heavy atom. The number of nitrogens with zero attached hydrogens (tertiary/aromatic N) is 2. The molecule has 0 atom stereocenters. The molecule has 4 heterocycles. The zero-order valence-corrected chi connectivity index (χ0v) is 13.1. The highest BCUT2D eigenvalue weighted by atomic mass is 16.5. The number of likely N-dealkylation sites (tertiary alicyclic amines) is 1. The summed E-state index contributed by atoms with van der Waals surface area (Å²) in [7, 11) is 0. The average Bonchev–Trinajstić information content (AvgIpc) is 2.97. The van der Waals surface area contributed by atoms with Crippen LogP contribution in [0.5, 0.6) is 5.75 Å². The summed E-state index contributed by atoms with van der Waals surface area (Å²) in [5.74, 6) is 0.414. The van der Waals surface area contributed by atoms with E-state index in [4.69, 9.17) is 4.74 Å². The predicted molar refractivity (Wildman–Crippen MR) is 90.0 cm³/mol. The maximum absolute atomic E-state index is 12.3. The first-order valence-electron chi connectivity index (χ1n) is 8.13. The summed E-state index contributed by atoms with van der Waals surface area (Å²) in [6, 6.07) is 3.84. The van der Waals surface area contributed by atoms with Crippen molar-refractivity contribution in [2.75, 3.05) is 19.6 Å². The second-order valence-electron chi connectivity index (χ2n) is 6.01. The maximum atomic E-state index is 12.3. The summed E-state index contributed by atoms with van der Waals surface area (Å²) in [5, 5.41) is 1.75. The fourth-order valence-corrected chi connectivity index (χ4v) is 3.33. The molecule has 23 heavy (non-hydrogen) atoms. The van der Waals surface area contributed by atoms with Gasteiger partial charge in [0.05, 0.1) is 10.9 Å². The molecule has 0 saturated carbocycles. The molecule has 0 spiro atoms. The standard InChI is InChI=1S/C17H20N4O2/c1-2-21-8-5-11(6-9-21)23-15-14-12-4-3-7-18-16(12)20-13(14)10-19-17(15)22/h3-4,7,10-11H,2,5-6,8-9H2,1H3,(H,18,20)(H,19,22). The third kappa shape index (κ3) is 2.49. The van der Waals surface area contributed by atoms with Gasteiger partial charge in [-0.1, -0.05) is 6.92 Å². The van der Waals surface area contributed by atoms with Gasteiger partial charge in [0.25, 0.3) is 5.56 Å². The van der Waals surface area contributed by atoms with Crippen LogP contribution in [0, 0.1) is 0 Å². The first kappa shape index (κ1) is 14.3. The summed E-state index contributed by atoms with van der Waals surface area (Å²) in [5.41, 5.74) is 1.44. The molecule has 120 valence electrons. The first-order valence-corrected chi connectivity index (χ1v) is 8.13. The Labute approximate surface area is 133 Å². The molecule has 3 aromatic heterocycles. The molecule has 0 radical (unpaired) electrons. The van der Waals surface area contributed by atoms with Gasteiger partial charge in [-0.2, -0.15) is 0 Å². The van der Waals surface area contributed by atoms with E-state index in [1.807, 2.05) is 12.1 Å². The lowest BCUT2D eigenvalue weighted by Crippen LogP contribution is -2.38. The Balaban J connectivity index is 1.74. The molecule has 6 heteroatoms. The number of nitrogens with one attached hydrogen (secondary N) is 2. The third-order valence-corrected chi connectivity index (χ3v) is 4.65. The second-order valence-corrected chi connectivity index (χ2v) is 6.01. The minimum atomic E-state index is -0.180. The number of ether oxygens (including phenoxy) is 1. The summed E-state index contributed by atoms with van der Waals surface area (Å²) in [6.07, 6.45) is 5.41. The van der Waals surface area contributed by atoms with Crippen LogP contribution in [-0.2, 0) is 0 Å². The molecule has 6 nitrogen and oxygen atoms in total. The quantitative estimate of drug-likeness (QED) is 0.778. The van der Waals surface area contributed by atoms with Gasteiger partial charge in [0.1, 0.15) is 11.8 Å². The van der Waals surface area contributed by atoms with E-state index in [-0.39, 0.29) is 11.7 Å². The lowest BCUT2D eigenvalue weighted by atomic mass is 10.1. The molecule has 0 unspecified atom stereocenters. The highest BCUT2D eigenvalue weighted by molar-refractivity contribution is 6.08. The highest BCUT2D eigenvalue weighted by Gasteiger charge is 2.22. The lowest BCUT2D eigenvalue weighted by Gasteiger charge is -2.31.